The molecular weight excluding hydrogens is 385 g/mol. The SMILES string of the molecule is O=C(O)c1cn(-c2ccc(Cl)cc2)c2cc(N3CCNCC3)c(F)cc2c1=O. The Morgan fingerprint density at radius 3 is 2.46 bits per heavy atom. The summed E-state index contributed by atoms with van der Waals surface area (Å²) in [4.78, 5) is 26.1. The third-order valence-corrected chi connectivity index (χ3v) is 5.12. The molecule has 28 heavy (non-hydrogen) atoms. The van der Waals surface area contributed by atoms with Crippen molar-refractivity contribution in [3.63, 3.8) is 0 Å². The standard InChI is InChI=1S/C20H17ClFN3O3/c21-12-1-3-13(4-2-12)25-11-15(20(27)28)19(26)14-9-16(22)18(10-17(14)25)24-7-5-23-6-8-24/h1-4,9-11,23H,5-8H2,(H,27,28). The second-order valence-corrected chi connectivity index (χ2v) is 7.02. The van der Waals surface area contributed by atoms with Crippen molar-refractivity contribution in [3.8, 4) is 5.69 Å². The van der Waals surface area contributed by atoms with Gasteiger partial charge in [0, 0.05) is 48.5 Å². The average Bonchev–Trinajstić information content (AvgIpc) is 2.69. The summed E-state index contributed by atoms with van der Waals surface area (Å²) in [5.74, 6) is -1.90. The molecule has 0 saturated carbocycles. The summed E-state index contributed by atoms with van der Waals surface area (Å²) in [6, 6.07) is 9.51. The van der Waals surface area contributed by atoms with Crippen LogP contribution in [-0.2, 0) is 0 Å². The number of carboxylic acids is 1. The van der Waals surface area contributed by atoms with Gasteiger partial charge in [0.1, 0.15) is 11.4 Å². The quantitative estimate of drug-likeness (QED) is 0.706. The highest BCUT2D eigenvalue weighted by Gasteiger charge is 2.20. The monoisotopic (exact) mass is 401 g/mol. The van der Waals surface area contributed by atoms with E-state index >= 15 is 0 Å². The molecule has 6 nitrogen and oxygen atoms in total. The molecular formula is C20H17ClFN3O3. The number of aromatic nitrogens is 1. The number of halogens is 2. The third kappa shape index (κ3) is 3.23. The summed E-state index contributed by atoms with van der Waals surface area (Å²) in [5, 5.41) is 13.2. The van der Waals surface area contributed by atoms with Crippen LogP contribution in [0, 0.1) is 5.82 Å². The second-order valence-electron chi connectivity index (χ2n) is 6.58. The van der Waals surface area contributed by atoms with Crippen LogP contribution in [0.1, 0.15) is 10.4 Å². The van der Waals surface area contributed by atoms with Crippen molar-refractivity contribution in [1.29, 1.82) is 0 Å². The van der Waals surface area contributed by atoms with E-state index in [1.807, 2.05) is 4.90 Å². The van der Waals surface area contributed by atoms with Gasteiger partial charge in [-0.3, -0.25) is 4.79 Å². The molecule has 144 valence electrons. The number of piperazine rings is 1. The molecule has 8 heteroatoms. The molecule has 2 N–H and O–H groups in total. The molecule has 1 aliphatic heterocycles. The van der Waals surface area contributed by atoms with E-state index in [0.29, 0.717) is 35.0 Å². The molecule has 2 heterocycles. The largest absolute Gasteiger partial charge is 0.477 e. The molecule has 3 aromatic rings. The van der Waals surface area contributed by atoms with Crippen LogP contribution in [0.4, 0.5) is 10.1 Å². The first kappa shape index (κ1) is 18.5. The Hall–Kier alpha value is -2.90. The van der Waals surface area contributed by atoms with E-state index in [0.717, 1.165) is 19.2 Å². The number of nitrogens with zero attached hydrogens (tertiary/aromatic N) is 2. The van der Waals surface area contributed by atoms with Crippen LogP contribution < -0.4 is 15.6 Å². The lowest BCUT2D eigenvalue weighted by Gasteiger charge is -2.30. The number of hydrogen-bond donors (Lipinski definition) is 2. The minimum absolute atomic E-state index is 0.0197. The van der Waals surface area contributed by atoms with E-state index in [-0.39, 0.29) is 5.39 Å². The van der Waals surface area contributed by atoms with Crippen molar-refractivity contribution in [2.24, 2.45) is 0 Å². The van der Waals surface area contributed by atoms with Gasteiger partial charge in [-0.1, -0.05) is 11.6 Å². The molecule has 0 aliphatic carbocycles. The van der Waals surface area contributed by atoms with Gasteiger partial charge in [-0.05, 0) is 36.4 Å². The van der Waals surface area contributed by atoms with Gasteiger partial charge in [0.2, 0.25) is 5.43 Å². The zero-order valence-corrected chi connectivity index (χ0v) is 15.5. The first-order valence-electron chi connectivity index (χ1n) is 8.79. The van der Waals surface area contributed by atoms with Gasteiger partial charge >= 0.3 is 5.97 Å². The van der Waals surface area contributed by atoms with Crippen LogP contribution in [-0.4, -0.2) is 41.8 Å². The smallest absolute Gasteiger partial charge is 0.341 e. The predicted octanol–water partition coefficient (Wildman–Crippen LogP) is 2.89. The first-order valence-corrected chi connectivity index (χ1v) is 9.17. The highest BCUT2D eigenvalue weighted by Crippen LogP contribution is 2.27. The molecule has 0 atom stereocenters. The molecule has 4 rings (SSSR count). The van der Waals surface area contributed by atoms with Crippen LogP contribution in [0.25, 0.3) is 16.6 Å². The minimum atomic E-state index is -1.36. The van der Waals surface area contributed by atoms with E-state index in [9.17, 15) is 19.1 Å². The maximum atomic E-state index is 14.8. The van der Waals surface area contributed by atoms with Gasteiger partial charge in [-0.2, -0.15) is 0 Å². The molecule has 0 bridgehead atoms. The minimum Gasteiger partial charge on any atom is -0.477 e. The number of hydrogen-bond acceptors (Lipinski definition) is 4. The van der Waals surface area contributed by atoms with Crippen molar-refractivity contribution in [3.05, 3.63) is 69.2 Å². The van der Waals surface area contributed by atoms with Gasteiger partial charge < -0.3 is 19.9 Å². The maximum Gasteiger partial charge on any atom is 0.341 e. The molecule has 0 unspecified atom stereocenters. The number of anilines is 1. The second kappa shape index (κ2) is 7.26. The van der Waals surface area contributed by atoms with Gasteiger partial charge in [0.15, 0.2) is 0 Å². The summed E-state index contributed by atoms with van der Waals surface area (Å²) in [6.07, 6.45) is 1.27. The number of aromatic carboxylic acids is 1. The van der Waals surface area contributed by atoms with Crippen LogP contribution in [0.5, 0.6) is 0 Å². The van der Waals surface area contributed by atoms with Crippen molar-refractivity contribution >= 4 is 34.2 Å². The van der Waals surface area contributed by atoms with Gasteiger partial charge in [-0.15, -0.1) is 0 Å². The van der Waals surface area contributed by atoms with E-state index in [4.69, 9.17) is 11.6 Å². The number of carboxylic acid groups (broad SMARTS) is 1. The van der Waals surface area contributed by atoms with E-state index in [1.54, 1.807) is 34.9 Å². The normalized spacial score (nSPS) is 14.4. The summed E-state index contributed by atoms with van der Waals surface area (Å²) in [5.41, 5.74) is 0.316. The number of benzene rings is 2. The highest BCUT2D eigenvalue weighted by atomic mass is 35.5. The highest BCUT2D eigenvalue weighted by molar-refractivity contribution is 6.30. The Labute approximate surface area is 164 Å². The molecule has 1 saturated heterocycles. The Morgan fingerprint density at radius 1 is 1.14 bits per heavy atom. The molecule has 2 aromatic carbocycles. The molecule has 1 aromatic heterocycles. The molecule has 0 amide bonds. The van der Waals surface area contributed by atoms with Crippen molar-refractivity contribution in [1.82, 2.24) is 9.88 Å². The fourth-order valence-corrected chi connectivity index (χ4v) is 3.58. The number of pyridine rings is 1. The van der Waals surface area contributed by atoms with Gasteiger partial charge in [0.05, 0.1) is 11.2 Å². The van der Waals surface area contributed by atoms with Crippen molar-refractivity contribution in [2.45, 2.75) is 0 Å². The van der Waals surface area contributed by atoms with Crippen LogP contribution in [0.2, 0.25) is 5.02 Å². The Kier molecular flexibility index (Phi) is 4.78. The molecule has 0 spiro atoms. The zero-order chi connectivity index (χ0) is 19.8. The van der Waals surface area contributed by atoms with Crippen molar-refractivity contribution in [2.75, 3.05) is 31.1 Å². The number of rotatable bonds is 3. The lowest BCUT2D eigenvalue weighted by atomic mass is 10.1. The lowest BCUT2D eigenvalue weighted by molar-refractivity contribution is 0.0695. The van der Waals surface area contributed by atoms with E-state index in [2.05, 4.69) is 5.32 Å². The maximum absolute atomic E-state index is 14.8. The first-order chi connectivity index (χ1) is 13.5. The number of carbonyl (C=O) groups is 1. The summed E-state index contributed by atoms with van der Waals surface area (Å²) in [7, 11) is 0. The summed E-state index contributed by atoms with van der Waals surface area (Å²) in [6.45, 7) is 2.75. The average molecular weight is 402 g/mol. The summed E-state index contributed by atoms with van der Waals surface area (Å²) < 4.78 is 16.4. The third-order valence-electron chi connectivity index (χ3n) is 4.87. The van der Waals surface area contributed by atoms with Crippen LogP contribution >= 0.6 is 11.6 Å². The molecule has 0 radical (unpaired) electrons. The molecule has 1 fully saturated rings. The number of fused-ring (bicyclic) bond motifs is 1. The summed E-state index contributed by atoms with van der Waals surface area (Å²) >= 11 is 5.96. The lowest BCUT2D eigenvalue weighted by Crippen LogP contribution is -2.43. The topological polar surface area (TPSA) is 74.6 Å². The van der Waals surface area contributed by atoms with Crippen molar-refractivity contribution < 1.29 is 14.3 Å². The fraction of sp³-hybridized carbons (Fsp3) is 0.200. The number of nitrogens with one attached hydrogen (secondary N) is 1. The van der Waals surface area contributed by atoms with Crippen LogP contribution in [0.15, 0.2) is 47.4 Å². The Morgan fingerprint density at radius 2 is 1.82 bits per heavy atom. The van der Waals surface area contributed by atoms with E-state index in [1.165, 1.54) is 6.20 Å². The Bertz CT molecular complexity index is 1120. The van der Waals surface area contributed by atoms with Gasteiger partial charge in [0.25, 0.3) is 0 Å². The van der Waals surface area contributed by atoms with Crippen LogP contribution in [0.3, 0.4) is 0 Å². The molecule has 1 aliphatic rings. The van der Waals surface area contributed by atoms with E-state index < -0.39 is 22.8 Å². The Balaban J connectivity index is 2.01. The zero-order valence-electron chi connectivity index (χ0n) is 14.8. The van der Waals surface area contributed by atoms with Gasteiger partial charge in [-0.25, -0.2) is 9.18 Å². The fourth-order valence-electron chi connectivity index (χ4n) is 3.45. The predicted molar refractivity (Wildman–Crippen MR) is 107 cm³/mol.